The smallest absolute Gasteiger partial charge is 0.413 e. The van der Waals surface area contributed by atoms with Crippen LogP contribution in [0.25, 0.3) is 0 Å². The van der Waals surface area contributed by atoms with Crippen LogP contribution in [0.15, 0.2) is 96.7 Å². The van der Waals surface area contributed by atoms with Crippen molar-refractivity contribution in [3.63, 3.8) is 0 Å². The predicted octanol–water partition coefficient (Wildman–Crippen LogP) is 5.48. The molecule has 0 fully saturated rings. The number of ether oxygens (including phenoxy) is 2. The lowest BCUT2D eigenvalue weighted by molar-refractivity contribution is -0.127. The first-order valence-corrected chi connectivity index (χ1v) is 12.0. The Labute approximate surface area is 208 Å². The first kappa shape index (κ1) is 26.0. The van der Waals surface area contributed by atoms with Crippen molar-refractivity contribution in [2.45, 2.75) is 32.9 Å². The number of benzene rings is 2. The highest BCUT2D eigenvalue weighted by molar-refractivity contribution is 5.94. The fourth-order valence-corrected chi connectivity index (χ4v) is 3.80. The van der Waals surface area contributed by atoms with Gasteiger partial charge in [0, 0.05) is 31.4 Å². The van der Waals surface area contributed by atoms with Gasteiger partial charge in [0.1, 0.15) is 0 Å². The molecule has 0 atom stereocenters. The van der Waals surface area contributed by atoms with Gasteiger partial charge in [-0.25, -0.2) is 4.79 Å². The zero-order valence-corrected chi connectivity index (χ0v) is 20.4. The Morgan fingerprint density at radius 3 is 2.40 bits per heavy atom. The van der Waals surface area contributed by atoms with E-state index in [0.717, 1.165) is 16.7 Å². The molecule has 3 rings (SSSR count). The summed E-state index contributed by atoms with van der Waals surface area (Å²) in [6, 6.07) is 20.0. The molecule has 0 unspecified atom stereocenters. The second-order valence-electron chi connectivity index (χ2n) is 8.26. The fraction of sp³-hybridized carbons (Fsp3) is 0.310. The summed E-state index contributed by atoms with van der Waals surface area (Å²) in [4.78, 5) is 28.7. The summed E-state index contributed by atoms with van der Waals surface area (Å²) in [6.07, 6.45) is 6.26. The van der Waals surface area contributed by atoms with Crippen LogP contribution in [0, 0.1) is 0 Å². The molecule has 1 heterocycles. The third kappa shape index (κ3) is 8.26. The van der Waals surface area contributed by atoms with Crippen LogP contribution in [0.4, 0.5) is 4.79 Å². The van der Waals surface area contributed by atoms with Gasteiger partial charge >= 0.3 is 6.09 Å². The van der Waals surface area contributed by atoms with Gasteiger partial charge in [0.05, 0.1) is 19.8 Å². The Morgan fingerprint density at radius 2 is 1.74 bits per heavy atom. The van der Waals surface area contributed by atoms with Crippen molar-refractivity contribution in [3.8, 4) is 0 Å². The normalized spacial score (nSPS) is 13.3. The molecule has 6 heteroatoms. The zero-order valence-electron chi connectivity index (χ0n) is 20.4. The molecule has 35 heavy (non-hydrogen) atoms. The summed E-state index contributed by atoms with van der Waals surface area (Å²) in [6.45, 7) is 8.47. The summed E-state index contributed by atoms with van der Waals surface area (Å²) < 4.78 is 10.9. The second-order valence-corrected chi connectivity index (χ2v) is 8.26. The summed E-state index contributed by atoms with van der Waals surface area (Å²) in [5, 5.41) is 0. The molecular formula is C29H34N2O4. The van der Waals surface area contributed by atoms with Gasteiger partial charge in [-0.05, 0) is 36.5 Å². The number of amides is 2. The largest absolute Gasteiger partial charge is 0.449 e. The van der Waals surface area contributed by atoms with Crippen LogP contribution in [-0.2, 0) is 27.4 Å². The lowest BCUT2D eigenvalue weighted by Crippen LogP contribution is -2.32. The van der Waals surface area contributed by atoms with Crippen molar-refractivity contribution in [2.75, 3.05) is 26.3 Å². The number of nitrogens with zero attached hydrogens (tertiary/aromatic N) is 2. The van der Waals surface area contributed by atoms with E-state index in [4.69, 9.17) is 9.47 Å². The van der Waals surface area contributed by atoms with Crippen molar-refractivity contribution < 1.29 is 19.1 Å². The van der Waals surface area contributed by atoms with E-state index in [1.165, 1.54) is 4.90 Å². The topological polar surface area (TPSA) is 59.1 Å². The van der Waals surface area contributed by atoms with E-state index in [9.17, 15) is 9.59 Å². The Morgan fingerprint density at radius 1 is 1.06 bits per heavy atom. The maximum absolute atomic E-state index is 13.4. The van der Waals surface area contributed by atoms with Gasteiger partial charge in [0.25, 0.3) is 5.91 Å². The minimum atomic E-state index is -0.418. The molecule has 0 spiro atoms. The van der Waals surface area contributed by atoms with E-state index in [1.807, 2.05) is 65.6 Å². The first-order valence-electron chi connectivity index (χ1n) is 12.0. The third-order valence-electron chi connectivity index (χ3n) is 5.66. The van der Waals surface area contributed by atoms with Crippen LogP contribution < -0.4 is 0 Å². The van der Waals surface area contributed by atoms with Gasteiger partial charge in [-0.15, -0.1) is 0 Å². The molecule has 0 aliphatic carbocycles. The lowest BCUT2D eigenvalue weighted by Gasteiger charge is -2.23. The molecule has 0 radical (unpaired) electrons. The standard InChI is InChI=1S/C29H34N2O4/c1-3-24(22-34-23-26-14-9-6-10-15-26)16-11-18-30(20-25-12-7-5-8-13-25)28(32)27-17-19-31(21-27)29(33)35-4-2/h3,5-10,12-16,21H,1,4,11,17-20,22-23H2,2H3/b24-16-. The van der Waals surface area contributed by atoms with Gasteiger partial charge in [-0.2, -0.15) is 0 Å². The summed E-state index contributed by atoms with van der Waals surface area (Å²) in [5.41, 5.74) is 3.78. The van der Waals surface area contributed by atoms with Crippen molar-refractivity contribution in [2.24, 2.45) is 0 Å². The highest BCUT2D eigenvalue weighted by Gasteiger charge is 2.26. The minimum Gasteiger partial charge on any atom is -0.449 e. The molecule has 0 bridgehead atoms. The monoisotopic (exact) mass is 474 g/mol. The minimum absolute atomic E-state index is 0.0606. The van der Waals surface area contributed by atoms with Gasteiger partial charge in [-0.3, -0.25) is 9.69 Å². The molecule has 2 aromatic rings. The molecule has 2 amide bonds. The Hall–Kier alpha value is -3.64. The fourth-order valence-electron chi connectivity index (χ4n) is 3.80. The van der Waals surface area contributed by atoms with Gasteiger partial charge < -0.3 is 14.4 Å². The summed E-state index contributed by atoms with van der Waals surface area (Å²) >= 11 is 0. The van der Waals surface area contributed by atoms with E-state index in [1.54, 1.807) is 19.2 Å². The number of hydrogen-bond donors (Lipinski definition) is 0. The maximum Gasteiger partial charge on any atom is 0.413 e. The third-order valence-corrected chi connectivity index (χ3v) is 5.66. The van der Waals surface area contributed by atoms with Crippen LogP contribution in [0.3, 0.4) is 0 Å². The number of rotatable bonds is 12. The summed E-state index contributed by atoms with van der Waals surface area (Å²) in [7, 11) is 0. The van der Waals surface area contributed by atoms with Crippen molar-refractivity contribution >= 4 is 12.0 Å². The molecule has 0 saturated carbocycles. The van der Waals surface area contributed by atoms with Crippen LogP contribution in [-0.4, -0.2) is 48.1 Å². The quantitative estimate of drug-likeness (QED) is 0.382. The van der Waals surface area contributed by atoms with Gasteiger partial charge in [0.2, 0.25) is 0 Å². The van der Waals surface area contributed by atoms with E-state index in [0.29, 0.717) is 57.9 Å². The molecule has 0 N–H and O–H groups in total. The van der Waals surface area contributed by atoms with Crippen molar-refractivity contribution in [1.82, 2.24) is 9.80 Å². The Kier molecular flexibility index (Phi) is 10.3. The maximum atomic E-state index is 13.4. The average molecular weight is 475 g/mol. The molecule has 1 aliphatic heterocycles. The highest BCUT2D eigenvalue weighted by Crippen LogP contribution is 2.20. The molecule has 1 aliphatic rings. The number of carbonyl (C=O) groups is 2. The van der Waals surface area contributed by atoms with Crippen molar-refractivity contribution in [3.05, 3.63) is 108 Å². The van der Waals surface area contributed by atoms with Crippen LogP contribution in [0.1, 0.15) is 30.9 Å². The molecule has 0 aromatic heterocycles. The van der Waals surface area contributed by atoms with Gasteiger partial charge in [0.15, 0.2) is 0 Å². The SMILES string of the molecule is C=C/C(=C/CCN(Cc1ccccc1)C(=O)C1=CN(C(=O)OCC)CC1)COCc1ccccc1. The average Bonchev–Trinajstić information content (AvgIpc) is 3.39. The first-order chi connectivity index (χ1) is 17.1. The van der Waals surface area contributed by atoms with Crippen LogP contribution in [0.2, 0.25) is 0 Å². The predicted molar refractivity (Wildman–Crippen MR) is 137 cm³/mol. The molecule has 6 nitrogen and oxygen atoms in total. The van der Waals surface area contributed by atoms with E-state index in [2.05, 4.69) is 12.7 Å². The molecule has 0 saturated heterocycles. The summed E-state index contributed by atoms with van der Waals surface area (Å²) in [5.74, 6) is -0.0606. The number of carbonyl (C=O) groups excluding carboxylic acids is 2. The van der Waals surface area contributed by atoms with Crippen LogP contribution >= 0.6 is 0 Å². The molecule has 184 valence electrons. The lowest BCUT2D eigenvalue weighted by atomic mass is 10.1. The highest BCUT2D eigenvalue weighted by atomic mass is 16.6. The Balaban J connectivity index is 1.62. The molecule has 2 aromatic carbocycles. The molecular weight excluding hydrogens is 440 g/mol. The Bertz CT molecular complexity index is 1030. The van der Waals surface area contributed by atoms with Crippen LogP contribution in [0.5, 0.6) is 0 Å². The second kappa shape index (κ2) is 13.9. The van der Waals surface area contributed by atoms with Gasteiger partial charge in [-0.1, -0.05) is 79.4 Å². The van der Waals surface area contributed by atoms with E-state index in [-0.39, 0.29) is 5.91 Å². The zero-order chi connectivity index (χ0) is 24.9. The number of hydrogen-bond acceptors (Lipinski definition) is 4. The van der Waals surface area contributed by atoms with E-state index >= 15 is 0 Å². The van der Waals surface area contributed by atoms with Crippen molar-refractivity contribution in [1.29, 1.82) is 0 Å². The van der Waals surface area contributed by atoms with E-state index < -0.39 is 6.09 Å².